The van der Waals surface area contributed by atoms with Crippen LogP contribution in [0.2, 0.25) is 0 Å². The van der Waals surface area contributed by atoms with Gasteiger partial charge in [0.15, 0.2) is 6.61 Å². The molecule has 25 heavy (non-hydrogen) atoms. The lowest BCUT2D eigenvalue weighted by molar-refractivity contribution is -0.118. The quantitative estimate of drug-likeness (QED) is 0.773. The monoisotopic (exact) mass is 341 g/mol. The SMILES string of the molecule is CC[C@H](C)c1ccccc1OCC(=O)Nc1ccc(C(=O)OC)cc1. The lowest BCUT2D eigenvalue weighted by Crippen LogP contribution is -2.20. The van der Waals surface area contributed by atoms with Gasteiger partial charge in [0.25, 0.3) is 5.91 Å². The van der Waals surface area contributed by atoms with Gasteiger partial charge in [-0.3, -0.25) is 4.79 Å². The van der Waals surface area contributed by atoms with Gasteiger partial charge in [-0.05, 0) is 48.2 Å². The van der Waals surface area contributed by atoms with Gasteiger partial charge in [0, 0.05) is 5.69 Å². The number of rotatable bonds is 7. The van der Waals surface area contributed by atoms with Crippen LogP contribution in [0.1, 0.15) is 42.1 Å². The summed E-state index contributed by atoms with van der Waals surface area (Å²) >= 11 is 0. The van der Waals surface area contributed by atoms with Gasteiger partial charge < -0.3 is 14.8 Å². The maximum Gasteiger partial charge on any atom is 0.337 e. The number of ether oxygens (including phenoxy) is 2. The summed E-state index contributed by atoms with van der Waals surface area (Å²) in [6, 6.07) is 14.3. The lowest BCUT2D eigenvalue weighted by atomic mass is 9.98. The average molecular weight is 341 g/mol. The Morgan fingerprint density at radius 3 is 2.40 bits per heavy atom. The summed E-state index contributed by atoms with van der Waals surface area (Å²) in [4.78, 5) is 23.5. The largest absolute Gasteiger partial charge is 0.483 e. The lowest BCUT2D eigenvalue weighted by Gasteiger charge is -2.15. The Balaban J connectivity index is 1.94. The zero-order chi connectivity index (χ0) is 18.2. The second kappa shape index (κ2) is 8.87. The van der Waals surface area contributed by atoms with E-state index >= 15 is 0 Å². The topological polar surface area (TPSA) is 64.6 Å². The molecule has 0 radical (unpaired) electrons. The van der Waals surface area contributed by atoms with Gasteiger partial charge in [-0.15, -0.1) is 0 Å². The smallest absolute Gasteiger partial charge is 0.337 e. The molecule has 5 nitrogen and oxygen atoms in total. The minimum absolute atomic E-state index is 0.0772. The Labute approximate surface area is 148 Å². The summed E-state index contributed by atoms with van der Waals surface area (Å²) in [6.45, 7) is 4.17. The Bertz CT molecular complexity index is 725. The summed E-state index contributed by atoms with van der Waals surface area (Å²) in [7, 11) is 1.33. The minimum atomic E-state index is -0.414. The summed E-state index contributed by atoms with van der Waals surface area (Å²) in [5.41, 5.74) is 2.12. The van der Waals surface area contributed by atoms with E-state index in [1.807, 2.05) is 24.3 Å². The number of hydrogen-bond donors (Lipinski definition) is 1. The fourth-order valence-electron chi connectivity index (χ4n) is 2.39. The van der Waals surface area contributed by atoms with Crippen molar-refractivity contribution in [2.75, 3.05) is 19.0 Å². The van der Waals surface area contributed by atoms with E-state index in [9.17, 15) is 9.59 Å². The molecule has 0 aliphatic heterocycles. The van der Waals surface area contributed by atoms with E-state index < -0.39 is 5.97 Å². The van der Waals surface area contributed by atoms with Crippen molar-refractivity contribution in [3.63, 3.8) is 0 Å². The third-order valence-corrected chi connectivity index (χ3v) is 4.01. The summed E-state index contributed by atoms with van der Waals surface area (Å²) < 4.78 is 10.3. The maximum atomic E-state index is 12.1. The second-order valence-corrected chi connectivity index (χ2v) is 5.75. The van der Waals surface area contributed by atoms with Gasteiger partial charge in [-0.2, -0.15) is 0 Å². The normalized spacial score (nSPS) is 11.5. The molecule has 0 aromatic heterocycles. The van der Waals surface area contributed by atoms with E-state index in [0.717, 1.165) is 17.7 Å². The van der Waals surface area contributed by atoms with E-state index in [4.69, 9.17) is 4.74 Å². The molecule has 0 heterocycles. The van der Waals surface area contributed by atoms with Gasteiger partial charge in [-0.1, -0.05) is 32.0 Å². The summed E-state index contributed by atoms with van der Waals surface area (Å²) in [6.07, 6.45) is 0.999. The Kier molecular flexibility index (Phi) is 6.57. The number of anilines is 1. The molecule has 1 N–H and O–H groups in total. The standard InChI is InChI=1S/C20H23NO4/c1-4-14(2)17-7-5-6-8-18(17)25-13-19(22)21-16-11-9-15(10-12-16)20(23)24-3/h5-12,14H,4,13H2,1-3H3,(H,21,22)/t14-/m0/s1. The zero-order valence-electron chi connectivity index (χ0n) is 14.7. The van der Waals surface area contributed by atoms with Gasteiger partial charge in [0.1, 0.15) is 5.75 Å². The molecule has 1 atom stereocenters. The molecule has 0 aliphatic rings. The molecule has 0 unspecified atom stereocenters. The van der Waals surface area contributed by atoms with Crippen LogP contribution in [0.3, 0.4) is 0 Å². The molecule has 2 aromatic carbocycles. The molecule has 0 saturated heterocycles. The first kappa shape index (κ1) is 18.5. The van der Waals surface area contributed by atoms with E-state index in [1.54, 1.807) is 24.3 Å². The highest BCUT2D eigenvalue weighted by Gasteiger charge is 2.11. The Morgan fingerprint density at radius 1 is 1.08 bits per heavy atom. The van der Waals surface area contributed by atoms with Crippen molar-refractivity contribution >= 4 is 17.6 Å². The van der Waals surface area contributed by atoms with E-state index in [0.29, 0.717) is 17.2 Å². The van der Waals surface area contributed by atoms with Crippen LogP contribution in [0.15, 0.2) is 48.5 Å². The molecule has 0 saturated carbocycles. The van der Waals surface area contributed by atoms with Crippen molar-refractivity contribution in [2.24, 2.45) is 0 Å². The number of hydrogen-bond acceptors (Lipinski definition) is 4. The number of esters is 1. The third kappa shape index (κ3) is 5.08. The van der Waals surface area contributed by atoms with E-state index in [2.05, 4.69) is 23.9 Å². The summed E-state index contributed by atoms with van der Waals surface area (Å²) in [5, 5.41) is 2.74. The fourth-order valence-corrected chi connectivity index (χ4v) is 2.39. The molecule has 0 spiro atoms. The molecule has 0 bridgehead atoms. The molecule has 0 fully saturated rings. The average Bonchev–Trinajstić information content (AvgIpc) is 2.66. The van der Waals surface area contributed by atoms with E-state index in [-0.39, 0.29) is 12.5 Å². The van der Waals surface area contributed by atoms with E-state index in [1.165, 1.54) is 7.11 Å². The fraction of sp³-hybridized carbons (Fsp3) is 0.300. The molecule has 1 amide bonds. The summed E-state index contributed by atoms with van der Waals surface area (Å²) in [5.74, 6) is 0.422. The predicted molar refractivity (Wildman–Crippen MR) is 97.1 cm³/mol. The predicted octanol–water partition coefficient (Wildman–Crippen LogP) is 4.00. The number of methoxy groups -OCH3 is 1. The molecule has 2 rings (SSSR count). The first-order valence-electron chi connectivity index (χ1n) is 8.25. The first-order valence-corrected chi connectivity index (χ1v) is 8.25. The second-order valence-electron chi connectivity index (χ2n) is 5.75. The number of para-hydroxylation sites is 1. The Morgan fingerprint density at radius 2 is 1.76 bits per heavy atom. The molecular weight excluding hydrogens is 318 g/mol. The van der Waals surface area contributed by atoms with Gasteiger partial charge in [0.05, 0.1) is 12.7 Å². The van der Waals surface area contributed by atoms with Crippen molar-refractivity contribution in [3.8, 4) is 5.75 Å². The van der Waals surface area contributed by atoms with Crippen molar-refractivity contribution < 1.29 is 19.1 Å². The van der Waals surface area contributed by atoms with Crippen LogP contribution in [0, 0.1) is 0 Å². The van der Waals surface area contributed by atoms with Gasteiger partial charge in [-0.25, -0.2) is 4.79 Å². The number of benzene rings is 2. The van der Waals surface area contributed by atoms with Crippen LogP contribution in [0.25, 0.3) is 0 Å². The maximum absolute atomic E-state index is 12.1. The van der Waals surface area contributed by atoms with Crippen LogP contribution < -0.4 is 10.1 Å². The highest BCUT2D eigenvalue weighted by atomic mass is 16.5. The molecule has 2 aromatic rings. The molecule has 132 valence electrons. The number of amides is 1. The molecular formula is C20H23NO4. The number of carbonyl (C=O) groups is 2. The van der Waals surface area contributed by atoms with Gasteiger partial charge >= 0.3 is 5.97 Å². The highest BCUT2D eigenvalue weighted by Crippen LogP contribution is 2.28. The van der Waals surface area contributed by atoms with Crippen molar-refractivity contribution in [2.45, 2.75) is 26.2 Å². The van der Waals surface area contributed by atoms with Crippen LogP contribution >= 0.6 is 0 Å². The van der Waals surface area contributed by atoms with Crippen LogP contribution in [-0.2, 0) is 9.53 Å². The Hall–Kier alpha value is -2.82. The number of carbonyl (C=O) groups excluding carboxylic acids is 2. The number of nitrogens with one attached hydrogen (secondary N) is 1. The highest BCUT2D eigenvalue weighted by molar-refractivity contribution is 5.93. The molecule has 5 heteroatoms. The third-order valence-electron chi connectivity index (χ3n) is 4.01. The minimum Gasteiger partial charge on any atom is -0.483 e. The van der Waals surface area contributed by atoms with Crippen molar-refractivity contribution in [3.05, 3.63) is 59.7 Å². The first-order chi connectivity index (χ1) is 12.0. The van der Waals surface area contributed by atoms with Crippen LogP contribution in [-0.4, -0.2) is 25.6 Å². The zero-order valence-corrected chi connectivity index (χ0v) is 14.7. The van der Waals surface area contributed by atoms with Crippen molar-refractivity contribution in [1.82, 2.24) is 0 Å². The van der Waals surface area contributed by atoms with Crippen LogP contribution in [0.5, 0.6) is 5.75 Å². The van der Waals surface area contributed by atoms with Crippen molar-refractivity contribution in [1.29, 1.82) is 0 Å². The van der Waals surface area contributed by atoms with Crippen LogP contribution in [0.4, 0.5) is 5.69 Å². The van der Waals surface area contributed by atoms with Gasteiger partial charge in [0.2, 0.25) is 0 Å². The molecule has 0 aliphatic carbocycles.